The molecule has 1 heterocycles. The zero-order valence-corrected chi connectivity index (χ0v) is 17.2. The average Bonchev–Trinajstić information content (AvgIpc) is 3.01. The average molecular weight is 393 g/mol. The number of nitrogens with zero attached hydrogens (tertiary/aromatic N) is 2. The van der Waals surface area contributed by atoms with E-state index >= 15 is 0 Å². The monoisotopic (exact) mass is 392 g/mol. The lowest BCUT2D eigenvalue weighted by atomic mass is 10.2. The van der Waals surface area contributed by atoms with Crippen LogP contribution in [0, 0.1) is 5.92 Å². The predicted octanol–water partition coefficient (Wildman–Crippen LogP) is 2.20. The number of nitrogens with one attached hydrogen (secondary N) is 2. The van der Waals surface area contributed by atoms with E-state index < -0.39 is 10.0 Å². The molecule has 7 nitrogen and oxygen atoms in total. The number of carbonyl (C=O) groups is 1. The molecule has 0 aliphatic rings. The van der Waals surface area contributed by atoms with Crippen LogP contribution in [0.3, 0.4) is 0 Å². The number of aryl methyl sites for hydroxylation is 1. The molecule has 0 saturated heterocycles. The van der Waals surface area contributed by atoms with Crippen molar-refractivity contribution >= 4 is 21.6 Å². The first kappa shape index (κ1) is 21.1. The topological polar surface area (TPSA) is 83.4 Å². The minimum atomic E-state index is -3.65. The largest absolute Gasteiger partial charge is 0.353 e. The van der Waals surface area contributed by atoms with Crippen LogP contribution >= 0.6 is 0 Å². The quantitative estimate of drug-likeness (QED) is 0.721. The number of likely N-dealkylation sites (N-methyl/N-ethyl adjacent to an activating group) is 1. The summed E-state index contributed by atoms with van der Waals surface area (Å²) >= 11 is 0. The first-order valence-electron chi connectivity index (χ1n) is 8.80. The SMILES string of the molecule is CC(C)C(=O)Nc1ccc(S(=O)(=O)NC[C@H](c2cccn2C)N(C)C)cc1. The molecule has 2 N–H and O–H groups in total. The van der Waals surface area contributed by atoms with Crippen LogP contribution in [-0.4, -0.2) is 44.4 Å². The Bertz CT molecular complexity index is 871. The third-order valence-corrected chi connectivity index (χ3v) is 5.81. The van der Waals surface area contributed by atoms with Crippen LogP contribution in [0.15, 0.2) is 47.5 Å². The van der Waals surface area contributed by atoms with Crippen LogP contribution in [0.2, 0.25) is 0 Å². The number of rotatable bonds is 8. The van der Waals surface area contributed by atoms with E-state index in [9.17, 15) is 13.2 Å². The van der Waals surface area contributed by atoms with E-state index in [1.54, 1.807) is 26.0 Å². The molecule has 1 atom stereocenters. The molecule has 0 bridgehead atoms. The number of hydrogen-bond acceptors (Lipinski definition) is 4. The van der Waals surface area contributed by atoms with Crippen molar-refractivity contribution in [2.75, 3.05) is 26.0 Å². The maximum atomic E-state index is 12.6. The Labute approximate surface area is 161 Å². The maximum Gasteiger partial charge on any atom is 0.240 e. The van der Waals surface area contributed by atoms with Gasteiger partial charge in [-0.1, -0.05) is 13.8 Å². The molecular weight excluding hydrogens is 364 g/mol. The summed E-state index contributed by atoms with van der Waals surface area (Å²) < 4.78 is 29.9. The Hall–Kier alpha value is -2.16. The number of benzene rings is 1. The molecule has 0 radical (unpaired) electrons. The number of anilines is 1. The van der Waals surface area contributed by atoms with E-state index in [0.717, 1.165) is 5.69 Å². The highest BCUT2D eigenvalue weighted by atomic mass is 32.2. The molecule has 1 aromatic carbocycles. The summed E-state index contributed by atoms with van der Waals surface area (Å²) in [5.41, 5.74) is 1.59. The van der Waals surface area contributed by atoms with Gasteiger partial charge in [0.15, 0.2) is 0 Å². The van der Waals surface area contributed by atoms with Crippen LogP contribution in [0.25, 0.3) is 0 Å². The third-order valence-electron chi connectivity index (χ3n) is 4.37. The standard InChI is InChI=1S/C19H28N4O3S/c1-14(2)19(24)21-15-8-10-16(11-9-15)27(25,26)20-13-18(22(3)4)17-7-6-12-23(17)5/h6-12,14,18,20H,13H2,1-5H3,(H,21,24)/t18-/m1/s1. The maximum absolute atomic E-state index is 12.6. The highest BCUT2D eigenvalue weighted by Crippen LogP contribution is 2.19. The van der Waals surface area contributed by atoms with Gasteiger partial charge >= 0.3 is 0 Å². The Morgan fingerprint density at radius 2 is 1.78 bits per heavy atom. The second-order valence-corrected chi connectivity index (χ2v) is 8.81. The van der Waals surface area contributed by atoms with Gasteiger partial charge in [-0.3, -0.25) is 9.69 Å². The lowest BCUT2D eigenvalue weighted by molar-refractivity contribution is -0.118. The van der Waals surface area contributed by atoms with Gasteiger partial charge in [-0.05, 0) is 50.5 Å². The zero-order chi connectivity index (χ0) is 20.2. The first-order chi connectivity index (χ1) is 12.6. The minimum absolute atomic E-state index is 0.0932. The predicted molar refractivity (Wildman–Crippen MR) is 107 cm³/mol. The van der Waals surface area contributed by atoms with E-state index in [1.165, 1.54) is 12.1 Å². The molecule has 0 aliphatic heterocycles. The van der Waals surface area contributed by atoms with E-state index in [4.69, 9.17) is 0 Å². The van der Waals surface area contributed by atoms with Gasteiger partial charge in [0, 0.05) is 37.1 Å². The van der Waals surface area contributed by atoms with Crippen LogP contribution < -0.4 is 10.0 Å². The van der Waals surface area contributed by atoms with Crippen molar-refractivity contribution in [1.82, 2.24) is 14.2 Å². The lowest BCUT2D eigenvalue weighted by Crippen LogP contribution is -2.35. The second kappa shape index (κ2) is 8.69. The van der Waals surface area contributed by atoms with Gasteiger partial charge in [0.1, 0.15) is 0 Å². The van der Waals surface area contributed by atoms with Crippen molar-refractivity contribution in [2.24, 2.45) is 13.0 Å². The molecule has 2 aromatic rings. The van der Waals surface area contributed by atoms with Gasteiger partial charge in [-0.15, -0.1) is 0 Å². The number of carbonyl (C=O) groups excluding carboxylic acids is 1. The highest BCUT2D eigenvalue weighted by Gasteiger charge is 2.21. The van der Waals surface area contributed by atoms with E-state index in [-0.39, 0.29) is 29.3 Å². The molecule has 1 amide bonds. The van der Waals surface area contributed by atoms with Gasteiger partial charge in [0.05, 0.1) is 10.9 Å². The summed E-state index contributed by atoms with van der Waals surface area (Å²) in [4.78, 5) is 13.9. The number of aromatic nitrogens is 1. The van der Waals surface area contributed by atoms with Crippen LogP contribution in [0.4, 0.5) is 5.69 Å². The molecule has 0 fully saturated rings. The van der Waals surface area contributed by atoms with Gasteiger partial charge in [-0.2, -0.15) is 0 Å². The van der Waals surface area contributed by atoms with Gasteiger partial charge in [0.25, 0.3) is 0 Å². The van der Waals surface area contributed by atoms with Crippen LogP contribution in [-0.2, 0) is 21.9 Å². The molecule has 0 saturated carbocycles. The summed E-state index contributed by atoms with van der Waals surface area (Å²) in [6, 6.07) is 9.99. The van der Waals surface area contributed by atoms with Crippen molar-refractivity contribution in [2.45, 2.75) is 24.8 Å². The number of amides is 1. The Morgan fingerprint density at radius 1 is 1.15 bits per heavy atom. The summed E-state index contributed by atoms with van der Waals surface area (Å²) in [5, 5.41) is 2.75. The van der Waals surface area contributed by atoms with Crippen molar-refractivity contribution in [3.8, 4) is 0 Å². The molecule has 148 valence electrons. The first-order valence-corrected chi connectivity index (χ1v) is 10.3. The number of hydrogen-bond donors (Lipinski definition) is 2. The Morgan fingerprint density at radius 3 is 2.26 bits per heavy atom. The Kier molecular flexibility index (Phi) is 6.80. The smallest absolute Gasteiger partial charge is 0.240 e. The zero-order valence-electron chi connectivity index (χ0n) is 16.4. The van der Waals surface area contributed by atoms with Gasteiger partial charge < -0.3 is 9.88 Å². The molecule has 8 heteroatoms. The minimum Gasteiger partial charge on any atom is -0.353 e. The van der Waals surface area contributed by atoms with Crippen molar-refractivity contribution in [3.05, 3.63) is 48.3 Å². The summed E-state index contributed by atoms with van der Waals surface area (Å²) in [6.07, 6.45) is 1.94. The molecule has 0 spiro atoms. The van der Waals surface area contributed by atoms with E-state index in [0.29, 0.717) is 5.69 Å². The Balaban J connectivity index is 2.09. The fourth-order valence-corrected chi connectivity index (χ4v) is 3.69. The number of sulfonamides is 1. The molecule has 2 rings (SSSR count). The molecule has 0 unspecified atom stereocenters. The summed E-state index contributed by atoms with van der Waals surface area (Å²) in [6.45, 7) is 3.84. The molecule has 27 heavy (non-hydrogen) atoms. The van der Waals surface area contributed by atoms with Gasteiger partial charge in [-0.25, -0.2) is 13.1 Å². The lowest BCUT2D eigenvalue weighted by Gasteiger charge is -2.25. The summed E-state index contributed by atoms with van der Waals surface area (Å²) in [5.74, 6) is -0.254. The van der Waals surface area contributed by atoms with Gasteiger partial charge in [0.2, 0.25) is 15.9 Å². The molecular formula is C19H28N4O3S. The molecule has 1 aromatic heterocycles. The highest BCUT2D eigenvalue weighted by molar-refractivity contribution is 7.89. The summed E-state index contributed by atoms with van der Waals surface area (Å²) in [7, 11) is 2.11. The molecule has 0 aliphatic carbocycles. The second-order valence-electron chi connectivity index (χ2n) is 7.04. The normalized spacial score (nSPS) is 13.1. The fraction of sp³-hybridized carbons (Fsp3) is 0.421. The van der Waals surface area contributed by atoms with Crippen molar-refractivity contribution < 1.29 is 13.2 Å². The van der Waals surface area contributed by atoms with E-state index in [2.05, 4.69) is 10.0 Å². The van der Waals surface area contributed by atoms with Crippen molar-refractivity contribution in [3.63, 3.8) is 0 Å². The van der Waals surface area contributed by atoms with Crippen molar-refractivity contribution in [1.29, 1.82) is 0 Å². The van der Waals surface area contributed by atoms with Crippen LogP contribution in [0.1, 0.15) is 25.6 Å². The van der Waals surface area contributed by atoms with E-state index in [1.807, 2.05) is 48.9 Å². The fourth-order valence-electron chi connectivity index (χ4n) is 2.65. The van der Waals surface area contributed by atoms with Crippen LogP contribution in [0.5, 0.6) is 0 Å². The third kappa shape index (κ3) is 5.41.